The predicted molar refractivity (Wildman–Crippen MR) is 65.4 cm³/mol. The average Bonchev–Trinajstić information content (AvgIpc) is 3.08. The standard InChI is InChI=1S/C13H21F3N2O/c1-3-5-6-9-11(19)18(10(4-2)17-9)12(7-8-12)13(14,15)16/h9-10,17H,3-8H2,1-2H3. The van der Waals surface area contributed by atoms with Crippen LogP contribution in [0.3, 0.4) is 0 Å². The van der Waals surface area contributed by atoms with E-state index in [-0.39, 0.29) is 18.7 Å². The molecule has 0 radical (unpaired) electrons. The molecule has 1 saturated carbocycles. The van der Waals surface area contributed by atoms with E-state index in [9.17, 15) is 18.0 Å². The van der Waals surface area contributed by atoms with Crippen LogP contribution in [0.5, 0.6) is 0 Å². The van der Waals surface area contributed by atoms with Crippen molar-refractivity contribution in [2.45, 2.75) is 76.3 Å². The molecule has 0 aromatic carbocycles. The number of carbonyl (C=O) groups is 1. The van der Waals surface area contributed by atoms with Gasteiger partial charge in [0.2, 0.25) is 5.91 Å². The third-order valence-corrected chi connectivity index (χ3v) is 4.19. The van der Waals surface area contributed by atoms with Gasteiger partial charge in [-0.05, 0) is 25.7 Å². The average molecular weight is 278 g/mol. The summed E-state index contributed by atoms with van der Waals surface area (Å²) in [6.45, 7) is 3.82. The summed E-state index contributed by atoms with van der Waals surface area (Å²) in [6, 6.07) is -0.440. The number of alkyl halides is 3. The number of hydrogen-bond donors (Lipinski definition) is 1. The maximum Gasteiger partial charge on any atom is 0.411 e. The molecule has 1 aliphatic heterocycles. The fourth-order valence-corrected chi connectivity index (χ4v) is 2.90. The van der Waals surface area contributed by atoms with Crippen molar-refractivity contribution in [2.24, 2.45) is 0 Å². The van der Waals surface area contributed by atoms with Crippen LogP contribution < -0.4 is 5.32 Å². The Balaban J connectivity index is 2.17. The number of nitrogens with zero attached hydrogens (tertiary/aromatic N) is 1. The van der Waals surface area contributed by atoms with Gasteiger partial charge in [0.15, 0.2) is 0 Å². The Labute approximate surface area is 111 Å². The van der Waals surface area contributed by atoms with Crippen LogP contribution in [0.4, 0.5) is 13.2 Å². The first-order valence-corrected chi connectivity index (χ1v) is 7.03. The zero-order chi connectivity index (χ0) is 14.3. The van der Waals surface area contributed by atoms with Crippen molar-refractivity contribution >= 4 is 5.91 Å². The molecule has 2 atom stereocenters. The van der Waals surface area contributed by atoms with E-state index < -0.39 is 23.9 Å². The molecule has 2 aliphatic rings. The van der Waals surface area contributed by atoms with Gasteiger partial charge in [0.25, 0.3) is 0 Å². The van der Waals surface area contributed by atoms with Crippen LogP contribution in [0.15, 0.2) is 0 Å². The molecule has 1 aliphatic carbocycles. The Morgan fingerprint density at radius 1 is 1.37 bits per heavy atom. The summed E-state index contributed by atoms with van der Waals surface area (Å²) < 4.78 is 39.6. The largest absolute Gasteiger partial charge is 0.411 e. The molecule has 1 N–H and O–H groups in total. The van der Waals surface area contributed by atoms with Gasteiger partial charge in [-0.2, -0.15) is 13.2 Å². The van der Waals surface area contributed by atoms with E-state index in [0.29, 0.717) is 12.8 Å². The Bertz CT molecular complexity index is 352. The highest BCUT2D eigenvalue weighted by molar-refractivity contribution is 5.85. The van der Waals surface area contributed by atoms with Gasteiger partial charge >= 0.3 is 6.18 Å². The minimum absolute atomic E-state index is 0.0426. The second kappa shape index (κ2) is 4.96. The van der Waals surface area contributed by atoms with Gasteiger partial charge in [0.1, 0.15) is 5.54 Å². The Kier molecular flexibility index (Phi) is 3.82. The lowest BCUT2D eigenvalue weighted by Gasteiger charge is -2.34. The molecular formula is C13H21F3N2O. The molecule has 19 heavy (non-hydrogen) atoms. The number of halogens is 3. The first-order chi connectivity index (χ1) is 8.87. The van der Waals surface area contributed by atoms with Gasteiger partial charge in [-0.3, -0.25) is 10.1 Å². The van der Waals surface area contributed by atoms with Crippen LogP contribution >= 0.6 is 0 Å². The molecule has 110 valence electrons. The number of nitrogens with one attached hydrogen (secondary N) is 1. The molecule has 1 saturated heterocycles. The second-order valence-electron chi connectivity index (χ2n) is 5.52. The third kappa shape index (κ3) is 2.35. The van der Waals surface area contributed by atoms with Crippen molar-refractivity contribution < 1.29 is 18.0 Å². The van der Waals surface area contributed by atoms with Crippen LogP contribution in [-0.4, -0.2) is 34.7 Å². The van der Waals surface area contributed by atoms with Gasteiger partial charge in [-0.1, -0.05) is 26.7 Å². The van der Waals surface area contributed by atoms with Crippen molar-refractivity contribution in [3.63, 3.8) is 0 Å². The number of rotatable bonds is 5. The van der Waals surface area contributed by atoms with Crippen molar-refractivity contribution in [2.75, 3.05) is 0 Å². The lowest BCUT2D eigenvalue weighted by molar-refractivity contribution is -0.202. The molecule has 0 aromatic rings. The third-order valence-electron chi connectivity index (χ3n) is 4.19. The lowest BCUT2D eigenvalue weighted by Crippen LogP contribution is -2.53. The molecule has 6 heteroatoms. The first-order valence-electron chi connectivity index (χ1n) is 7.03. The highest BCUT2D eigenvalue weighted by Crippen LogP contribution is 2.55. The summed E-state index contributed by atoms with van der Waals surface area (Å²) in [5.41, 5.74) is -1.89. The van der Waals surface area contributed by atoms with E-state index in [0.717, 1.165) is 17.7 Å². The minimum atomic E-state index is -4.32. The molecule has 3 nitrogen and oxygen atoms in total. The highest BCUT2D eigenvalue weighted by atomic mass is 19.4. The maximum atomic E-state index is 13.2. The fraction of sp³-hybridized carbons (Fsp3) is 0.923. The quantitative estimate of drug-likeness (QED) is 0.838. The highest BCUT2D eigenvalue weighted by Gasteiger charge is 2.70. The number of hydrogen-bond acceptors (Lipinski definition) is 2. The van der Waals surface area contributed by atoms with Crippen LogP contribution in [0.2, 0.25) is 0 Å². The lowest BCUT2D eigenvalue weighted by atomic mass is 10.1. The smallest absolute Gasteiger partial charge is 0.311 e. The Morgan fingerprint density at radius 3 is 2.42 bits per heavy atom. The van der Waals surface area contributed by atoms with E-state index in [1.165, 1.54) is 0 Å². The summed E-state index contributed by atoms with van der Waals surface area (Å²) in [7, 11) is 0. The molecule has 2 unspecified atom stereocenters. The van der Waals surface area contributed by atoms with Gasteiger partial charge in [0, 0.05) is 0 Å². The van der Waals surface area contributed by atoms with Crippen LogP contribution in [0.1, 0.15) is 52.4 Å². The Morgan fingerprint density at radius 2 is 2.00 bits per heavy atom. The van der Waals surface area contributed by atoms with E-state index >= 15 is 0 Å². The van der Waals surface area contributed by atoms with Crippen LogP contribution in [0, 0.1) is 0 Å². The van der Waals surface area contributed by atoms with Gasteiger partial charge in [-0.25, -0.2) is 0 Å². The molecule has 1 heterocycles. The van der Waals surface area contributed by atoms with Crippen molar-refractivity contribution in [3.8, 4) is 0 Å². The summed E-state index contributed by atoms with van der Waals surface area (Å²) in [6.07, 6.45) is -1.79. The number of carbonyl (C=O) groups excluding carboxylic acids is 1. The first kappa shape index (κ1) is 14.6. The number of amides is 1. The predicted octanol–water partition coefficient (Wildman–Crippen LogP) is 2.81. The molecule has 2 fully saturated rings. The summed E-state index contributed by atoms with van der Waals surface area (Å²) >= 11 is 0. The van der Waals surface area contributed by atoms with Gasteiger partial charge in [0.05, 0.1) is 12.2 Å². The normalized spacial score (nSPS) is 29.9. The molecule has 0 spiro atoms. The van der Waals surface area contributed by atoms with Crippen molar-refractivity contribution in [3.05, 3.63) is 0 Å². The van der Waals surface area contributed by atoms with E-state index in [1.807, 2.05) is 13.8 Å². The van der Waals surface area contributed by atoms with Crippen molar-refractivity contribution in [1.29, 1.82) is 0 Å². The molecule has 2 rings (SSSR count). The molecule has 1 amide bonds. The molecule has 0 bridgehead atoms. The van der Waals surface area contributed by atoms with Crippen LogP contribution in [0.25, 0.3) is 0 Å². The minimum Gasteiger partial charge on any atom is -0.311 e. The summed E-state index contributed by atoms with van der Waals surface area (Å²) in [5.74, 6) is -0.366. The summed E-state index contributed by atoms with van der Waals surface area (Å²) in [5, 5.41) is 3.07. The SMILES string of the molecule is CCCCC1NC(CC)N(C2(C(F)(F)F)CC2)C1=O. The summed E-state index contributed by atoms with van der Waals surface area (Å²) in [4.78, 5) is 13.4. The zero-order valence-electron chi connectivity index (χ0n) is 11.4. The zero-order valence-corrected chi connectivity index (χ0v) is 11.4. The van der Waals surface area contributed by atoms with Crippen LogP contribution in [-0.2, 0) is 4.79 Å². The van der Waals surface area contributed by atoms with Gasteiger partial charge < -0.3 is 4.90 Å². The fourth-order valence-electron chi connectivity index (χ4n) is 2.90. The molecule has 0 aromatic heterocycles. The number of unbranched alkanes of at least 4 members (excludes halogenated alkanes) is 1. The maximum absolute atomic E-state index is 13.2. The van der Waals surface area contributed by atoms with E-state index in [2.05, 4.69) is 5.32 Å². The van der Waals surface area contributed by atoms with Crippen molar-refractivity contribution in [1.82, 2.24) is 10.2 Å². The van der Waals surface area contributed by atoms with E-state index in [4.69, 9.17) is 0 Å². The van der Waals surface area contributed by atoms with Gasteiger partial charge in [-0.15, -0.1) is 0 Å². The monoisotopic (exact) mass is 278 g/mol. The second-order valence-corrected chi connectivity index (χ2v) is 5.52. The topological polar surface area (TPSA) is 32.3 Å². The Hall–Kier alpha value is -0.780. The molecular weight excluding hydrogens is 257 g/mol. The van der Waals surface area contributed by atoms with E-state index in [1.54, 1.807) is 0 Å².